The number of halogens is 1. The number of aromatic nitrogens is 1. The molecule has 0 saturated carbocycles. The van der Waals surface area contributed by atoms with Crippen LogP contribution in [0.15, 0.2) is 47.5 Å². The van der Waals surface area contributed by atoms with Gasteiger partial charge in [-0.05, 0) is 51.5 Å². The molecular weight excluding hydrogens is 415 g/mol. The summed E-state index contributed by atoms with van der Waals surface area (Å²) in [7, 11) is 0. The molecule has 24 heavy (non-hydrogen) atoms. The van der Waals surface area contributed by atoms with E-state index in [9.17, 15) is 0 Å². The minimum absolute atomic E-state index is 0. The minimum Gasteiger partial charge on any atom is -0.472 e. The molecule has 2 aromatic rings. The molecule has 0 amide bonds. The molecule has 0 radical (unpaired) electrons. The number of guanidine groups is 1. The van der Waals surface area contributed by atoms with Crippen molar-refractivity contribution < 1.29 is 4.74 Å². The molecule has 5 nitrogen and oxygen atoms in total. The SMILES string of the molecule is Cc1cccc(NC(N)=NCc2cccc(OC(C)(C)C)n2)c1.I. The quantitative estimate of drug-likeness (QED) is 0.427. The maximum atomic E-state index is 5.92. The summed E-state index contributed by atoms with van der Waals surface area (Å²) in [4.78, 5) is 8.76. The highest BCUT2D eigenvalue weighted by Crippen LogP contribution is 2.16. The van der Waals surface area contributed by atoms with E-state index in [-0.39, 0.29) is 29.6 Å². The van der Waals surface area contributed by atoms with Crippen LogP contribution in [0.5, 0.6) is 5.88 Å². The van der Waals surface area contributed by atoms with Crippen LogP contribution in [0.25, 0.3) is 0 Å². The molecule has 0 bridgehead atoms. The van der Waals surface area contributed by atoms with Crippen molar-refractivity contribution in [2.24, 2.45) is 10.7 Å². The van der Waals surface area contributed by atoms with Crippen molar-refractivity contribution >= 4 is 35.6 Å². The van der Waals surface area contributed by atoms with Gasteiger partial charge in [0.25, 0.3) is 0 Å². The smallest absolute Gasteiger partial charge is 0.214 e. The van der Waals surface area contributed by atoms with Gasteiger partial charge in [0, 0.05) is 11.8 Å². The van der Waals surface area contributed by atoms with Gasteiger partial charge in [-0.1, -0.05) is 18.2 Å². The predicted molar refractivity (Wildman–Crippen MR) is 110 cm³/mol. The third-order valence-electron chi connectivity index (χ3n) is 2.89. The van der Waals surface area contributed by atoms with Gasteiger partial charge in [-0.15, -0.1) is 24.0 Å². The number of nitrogens with two attached hydrogens (primary N) is 1. The van der Waals surface area contributed by atoms with Crippen molar-refractivity contribution in [3.8, 4) is 5.88 Å². The number of hydrogen-bond acceptors (Lipinski definition) is 3. The fourth-order valence-corrected chi connectivity index (χ4v) is 1.99. The number of benzene rings is 1. The van der Waals surface area contributed by atoms with Gasteiger partial charge < -0.3 is 15.8 Å². The number of nitrogens with one attached hydrogen (secondary N) is 1. The molecule has 1 aromatic carbocycles. The normalized spacial score (nSPS) is 11.6. The zero-order valence-corrected chi connectivity index (χ0v) is 16.9. The van der Waals surface area contributed by atoms with Gasteiger partial charge in [0.1, 0.15) is 5.60 Å². The lowest BCUT2D eigenvalue weighted by Crippen LogP contribution is -2.24. The Bertz CT molecular complexity index is 695. The van der Waals surface area contributed by atoms with Crippen molar-refractivity contribution in [3.05, 3.63) is 53.7 Å². The zero-order chi connectivity index (χ0) is 16.9. The summed E-state index contributed by atoms with van der Waals surface area (Å²) in [6.07, 6.45) is 0. The second-order valence-corrected chi connectivity index (χ2v) is 6.38. The highest BCUT2D eigenvalue weighted by atomic mass is 127. The average Bonchev–Trinajstić information content (AvgIpc) is 2.44. The second-order valence-electron chi connectivity index (χ2n) is 6.38. The predicted octanol–water partition coefficient (Wildman–Crippen LogP) is 4.11. The number of nitrogens with zero attached hydrogens (tertiary/aromatic N) is 2. The van der Waals surface area contributed by atoms with Crippen molar-refractivity contribution in [2.75, 3.05) is 5.32 Å². The van der Waals surface area contributed by atoms with Crippen molar-refractivity contribution in [3.63, 3.8) is 0 Å². The molecule has 0 aliphatic heterocycles. The van der Waals surface area contributed by atoms with Crippen molar-refractivity contribution in [1.82, 2.24) is 4.98 Å². The van der Waals surface area contributed by atoms with E-state index in [2.05, 4.69) is 15.3 Å². The number of aryl methyl sites for hydroxylation is 1. The molecule has 0 spiro atoms. The standard InChI is InChI=1S/C18H24N4O.HI/c1-13-7-5-8-14(11-13)22-17(19)20-12-15-9-6-10-16(21-15)23-18(2,3)4;/h5-11H,12H2,1-4H3,(H3,19,20,22);1H. The monoisotopic (exact) mass is 440 g/mol. The maximum Gasteiger partial charge on any atom is 0.214 e. The fourth-order valence-electron chi connectivity index (χ4n) is 1.99. The van der Waals surface area contributed by atoms with E-state index in [1.54, 1.807) is 0 Å². The van der Waals surface area contributed by atoms with Gasteiger partial charge in [-0.2, -0.15) is 0 Å². The molecule has 1 heterocycles. The van der Waals surface area contributed by atoms with Gasteiger partial charge >= 0.3 is 0 Å². The summed E-state index contributed by atoms with van der Waals surface area (Å²) < 4.78 is 5.75. The molecule has 0 fully saturated rings. The molecule has 1 aromatic heterocycles. The topological polar surface area (TPSA) is 72.5 Å². The lowest BCUT2D eigenvalue weighted by atomic mass is 10.2. The lowest BCUT2D eigenvalue weighted by molar-refractivity contribution is 0.124. The van der Waals surface area contributed by atoms with Gasteiger partial charge in [-0.25, -0.2) is 9.98 Å². The number of ether oxygens (including phenoxy) is 1. The second kappa shape index (κ2) is 8.86. The maximum absolute atomic E-state index is 5.92. The van der Waals surface area contributed by atoms with E-state index in [4.69, 9.17) is 10.5 Å². The first kappa shape index (κ1) is 20.2. The molecule has 3 N–H and O–H groups in total. The Hall–Kier alpha value is -1.83. The van der Waals surface area contributed by atoms with E-state index < -0.39 is 0 Å². The first-order valence-corrected chi connectivity index (χ1v) is 7.60. The number of anilines is 1. The summed E-state index contributed by atoms with van der Waals surface area (Å²) >= 11 is 0. The summed E-state index contributed by atoms with van der Waals surface area (Å²) in [6.45, 7) is 8.39. The third-order valence-corrected chi connectivity index (χ3v) is 2.89. The summed E-state index contributed by atoms with van der Waals surface area (Å²) in [5, 5.41) is 3.07. The highest BCUT2D eigenvalue weighted by Gasteiger charge is 2.12. The van der Waals surface area contributed by atoms with Crippen LogP contribution < -0.4 is 15.8 Å². The van der Waals surface area contributed by atoms with Crippen LogP contribution in [0.2, 0.25) is 0 Å². The molecule has 0 atom stereocenters. The van der Waals surface area contributed by atoms with E-state index in [1.807, 2.05) is 70.2 Å². The largest absolute Gasteiger partial charge is 0.472 e. The Labute approximate surface area is 160 Å². The Kier molecular flexibility index (Phi) is 7.47. The fraction of sp³-hybridized carbons (Fsp3) is 0.333. The van der Waals surface area contributed by atoms with E-state index in [0.717, 1.165) is 16.9 Å². The van der Waals surface area contributed by atoms with Crippen molar-refractivity contribution in [1.29, 1.82) is 0 Å². The van der Waals surface area contributed by atoms with E-state index in [1.165, 1.54) is 0 Å². The Morgan fingerprint density at radius 3 is 2.58 bits per heavy atom. The molecule has 0 aliphatic carbocycles. The summed E-state index contributed by atoms with van der Waals surface area (Å²) in [5.41, 5.74) is 8.54. The number of pyridine rings is 1. The van der Waals surface area contributed by atoms with Gasteiger partial charge in [0.2, 0.25) is 5.88 Å². The molecule has 0 aliphatic rings. The number of aliphatic imine (C=N–C) groups is 1. The van der Waals surface area contributed by atoms with Crippen LogP contribution in [-0.4, -0.2) is 16.5 Å². The van der Waals surface area contributed by atoms with Crippen LogP contribution in [0, 0.1) is 6.92 Å². The van der Waals surface area contributed by atoms with Crippen LogP contribution in [0.3, 0.4) is 0 Å². The van der Waals surface area contributed by atoms with Crippen LogP contribution in [-0.2, 0) is 6.54 Å². The first-order valence-electron chi connectivity index (χ1n) is 7.60. The molecule has 2 rings (SSSR count). The third kappa shape index (κ3) is 7.16. The Balaban J connectivity index is 0.00000288. The van der Waals surface area contributed by atoms with Crippen LogP contribution in [0.4, 0.5) is 5.69 Å². The molecular formula is C18H25IN4O. The molecule has 130 valence electrons. The summed E-state index contributed by atoms with van der Waals surface area (Å²) in [5.74, 6) is 0.954. The Morgan fingerprint density at radius 1 is 1.21 bits per heavy atom. The summed E-state index contributed by atoms with van der Waals surface area (Å²) in [6, 6.07) is 13.6. The zero-order valence-electron chi connectivity index (χ0n) is 14.5. The number of hydrogen-bond donors (Lipinski definition) is 2. The average molecular weight is 440 g/mol. The van der Waals surface area contributed by atoms with E-state index in [0.29, 0.717) is 18.4 Å². The van der Waals surface area contributed by atoms with Crippen molar-refractivity contribution in [2.45, 2.75) is 39.8 Å². The van der Waals surface area contributed by atoms with Gasteiger partial charge in [0.05, 0.1) is 12.2 Å². The molecule has 0 saturated heterocycles. The minimum atomic E-state index is -0.277. The molecule has 6 heteroatoms. The highest BCUT2D eigenvalue weighted by molar-refractivity contribution is 14.0. The first-order chi connectivity index (χ1) is 10.8. The van der Waals surface area contributed by atoms with Crippen LogP contribution >= 0.6 is 24.0 Å². The lowest BCUT2D eigenvalue weighted by Gasteiger charge is -2.20. The van der Waals surface area contributed by atoms with Gasteiger partial charge in [-0.3, -0.25) is 0 Å². The Morgan fingerprint density at radius 2 is 1.92 bits per heavy atom. The van der Waals surface area contributed by atoms with E-state index >= 15 is 0 Å². The molecule has 0 unspecified atom stereocenters. The van der Waals surface area contributed by atoms with Gasteiger partial charge in [0.15, 0.2) is 5.96 Å². The number of rotatable bonds is 4. The van der Waals surface area contributed by atoms with Crippen LogP contribution in [0.1, 0.15) is 32.0 Å².